The lowest BCUT2D eigenvalue weighted by atomic mass is 10.1. The molecule has 1 aliphatic heterocycles. The second-order valence-electron chi connectivity index (χ2n) is 5.05. The Morgan fingerprint density at radius 3 is 2.77 bits per heavy atom. The van der Waals surface area contributed by atoms with Gasteiger partial charge in [0.1, 0.15) is 0 Å². The average Bonchev–Trinajstić information content (AvgIpc) is 2.98. The number of aromatic nitrogens is 2. The zero-order chi connectivity index (χ0) is 15.2. The molecule has 0 bridgehead atoms. The number of rotatable bonds is 6. The lowest BCUT2D eigenvalue weighted by molar-refractivity contribution is -0.105. The molecule has 0 unspecified atom stereocenters. The van der Waals surface area contributed by atoms with Crippen LogP contribution in [0.1, 0.15) is 0 Å². The Kier molecular flexibility index (Phi) is 4.34. The summed E-state index contributed by atoms with van der Waals surface area (Å²) in [6.45, 7) is 2.55. The molecule has 0 fully saturated rings. The molecular formula is C17H18N4O. The maximum absolute atomic E-state index is 10.8. The number of carbonyl (C=O) groups is 1. The molecule has 2 aromatic rings. The highest BCUT2D eigenvalue weighted by Crippen LogP contribution is 2.26. The average molecular weight is 294 g/mol. The monoisotopic (exact) mass is 294 g/mol. The molecule has 22 heavy (non-hydrogen) atoms. The lowest BCUT2D eigenvalue weighted by Crippen LogP contribution is -2.23. The topological polar surface area (TPSA) is 50.2 Å². The molecular weight excluding hydrogens is 276 g/mol. The summed E-state index contributed by atoms with van der Waals surface area (Å²) in [4.78, 5) is 13.0. The van der Waals surface area contributed by atoms with Crippen LogP contribution in [0.3, 0.4) is 0 Å². The molecule has 0 spiro atoms. The van der Waals surface area contributed by atoms with Crippen LogP contribution in [-0.4, -0.2) is 34.2 Å². The van der Waals surface area contributed by atoms with Gasteiger partial charge in [-0.15, -0.1) is 0 Å². The van der Waals surface area contributed by atoms with E-state index in [0.717, 1.165) is 30.8 Å². The van der Waals surface area contributed by atoms with E-state index in [1.54, 1.807) is 0 Å². The van der Waals surface area contributed by atoms with Crippen LogP contribution in [0.4, 0.5) is 5.82 Å². The van der Waals surface area contributed by atoms with Crippen LogP contribution in [0.25, 0.3) is 11.1 Å². The second kappa shape index (κ2) is 6.76. The largest absolute Gasteiger partial charge is 0.372 e. The number of carbonyl (C=O) groups excluding carboxylic acids is 1. The van der Waals surface area contributed by atoms with Crippen molar-refractivity contribution in [2.45, 2.75) is 6.54 Å². The van der Waals surface area contributed by atoms with Gasteiger partial charge in [-0.2, -0.15) is 5.10 Å². The maximum atomic E-state index is 10.8. The molecule has 1 aromatic carbocycles. The minimum atomic E-state index is 0.593. The zero-order valence-electron chi connectivity index (χ0n) is 12.2. The molecule has 0 radical (unpaired) electrons. The molecule has 1 amide bonds. The number of nitrogens with one attached hydrogen (secondary N) is 1. The quantitative estimate of drug-likeness (QED) is 0.833. The van der Waals surface area contributed by atoms with Gasteiger partial charge in [0.25, 0.3) is 0 Å². The van der Waals surface area contributed by atoms with Crippen LogP contribution in [0.15, 0.2) is 61.0 Å². The van der Waals surface area contributed by atoms with Gasteiger partial charge in [-0.05, 0) is 17.8 Å². The van der Waals surface area contributed by atoms with E-state index in [0.29, 0.717) is 12.2 Å². The van der Waals surface area contributed by atoms with E-state index in [2.05, 4.69) is 27.6 Å². The Bertz CT molecular complexity index is 688. The van der Waals surface area contributed by atoms with Gasteiger partial charge in [-0.3, -0.25) is 9.48 Å². The van der Waals surface area contributed by atoms with Crippen LogP contribution in [-0.2, 0) is 11.3 Å². The summed E-state index contributed by atoms with van der Waals surface area (Å²) in [6.07, 6.45) is 10.9. The Labute approximate surface area is 129 Å². The van der Waals surface area contributed by atoms with Crippen LogP contribution in [0.5, 0.6) is 0 Å². The predicted molar refractivity (Wildman–Crippen MR) is 87.2 cm³/mol. The molecule has 0 saturated heterocycles. The van der Waals surface area contributed by atoms with Crippen molar-refractivity contribution in [1.29, 1.82) is 0 Å². The summed E-state index contributed by atoms with van der Waals surface area (Å²) >= 11 is 0. The van der Waals surface area contributed by atoms with Gasteiger partial charge in [0.2, 0.25) is 6.41 Å². The standard InChI is InChI=1S/C17H18N4O/c22-14-18-17-16(15-7-3-1-4-8-15)13-21(19-17)12-11-20-9-5-2-6-10-20/h1-9,13-14H,10-12H2,(H,18,19,22). The van der Waals surface area contributed by atoms with Gasteiger partial charge in [0.15, 0.2) is 5.82 Å². The van der Waals surface area contributed by atoms with Crippen molar-refractivity contribution in [1.82, 2.24) is 14.7 Å². The third-order valence-electron chi connectivity index (χ3n) is 3.54. The van der Waals surface area contributed by atoms with E-state index in [4.69, 9.17) is 0 Å². The lowest BCUT2D eigenvalue weighted by Gasteiger charge is -2.20. The molecule has 5 heteroatoms. The Balaban J connectivity index is 1.76. The summed E-state index contributed by atoms with van der Waals surface area (Å²) in [6, 6.07) is 9.94. The van der Waals surface area contributed by atoms with E-state index < -0.39 is 0 Å². The van der Waals surface area contributed by atoms with Crippen molar-refractivity contribution in [3.05, 3.63) is 61.0 Å². The number of hydrogen-bond donors (Lipinski definition) is 1. The van der Waals surface area contributed by atoms with Crippen molar-refractivity contribution in [3.63, 3.8) is 0 Å². The van der Waals surface area contributed by atoms with E-state index in [9.17, 15) is 4.79 Å². The molecule has 2 heterocycles. The predicted octanol–water partition coefficient (Wildman–Crippen LogP) is 2.50. The SMILES string of the molecule is O=CNc1nn(CCN2C=CC=CC2)cc1-c1ccccc1. The molecule has 1 aromatic heterocycles. The van der Waals surface area contributed by atoms with Gasteiger partial charge < -0.3 is 10.2 Å². The summed E-state index contributed by atoms with van der Waals surface area (Å²) in [5.41, 5.74) is 1.97. The summed E-state index contributed by atoms with van der Waals surface area (Å²) in [5, 5.41) is 7.15. The molecule has 0 aliphatic carbocycles. The molecule has 112 valence electrons. The van der Waals surface area contributed by atoms with E-state index >= 15 is 0 Å². The maximum Gasteiger partial charge on any atom is 0.212 e. The van der Waals surface area contributed by atoms with Crippen LogP contribution in [0.2, 0.25) is 0 Å². The molecule has 1 N–H and O–H groups in total. The summed E-state index contributed by atoms with van der Waals surface area (Å²) in [7, 11) is 0. The van der Waals surface area contributed by atoms with Gasteiger partial charge in [0, 0.05) is 24.8 Å². The van der Waals surface area contributed by atoms with Crippen LogP contribution < -0.4 is 5.32 Å². The minimum absolute atomic E-state index is 0.593. The van der Waals surface area contributed by atoms with Crippen LogP contribution >= 0.6 is 0 Å². The minimum Gasteiger partial charge on any atom is -0.372 e. The van der Waals surface area contributed by atoms with Crippen molar-refractivity contribution >= 4 is 12.2 Å². The number of nitrogens with zero attached hydrogens (tertiary/aromatic N) is 3. The zero-order valence-corrected chi connectivity index (χ0v) is 12.2. The van der Waals surface area contributed by atoms with E-state index in [1.165, 1.54) is 0 Å². The van der Waals surface area contributed by atoms with Crippen molar-refractivity contribution < 1.29 is 4.79 Å². The van der Waals surface area contributed by atoms with Gasteiger partial charge in [-0.1, -0.05) is 42.5 Å². The fourth-order valence-corrected chi connectivity index (χ4v) is 2.43. The highest BCUT2D eigenvalue weighted by Gasteiger charge is 2.11. The van der Waals surface area contributed by atoms with Crippen LogP contribution in [0, 0.1) is 0 Å². The van der Waals surface area contributed by atoms with E-state index in [-0.39, 0.29) is 0 Å². The smallest absolute Gasteiger partial charge is 0.212 e. The van der Waals surface area contributed by atoms with Crippen molar-refractivity contribution in [2.75, 3.05) is 18.4 Å². The van der Waals surface area contributed by atoms with Gasteiger partial charge in [-0.25, -0.2) is 0 Å². The second-order valence-corrected chi connectivity index (χ2v) is 5.05. The highest BCUT2D eigenvalue weighted by molar-refractivity contribution is 5.82. The molecule has 1 aliphatic rings. The van der Waals surface area contributed by atoms with Gasteiger partial charge >= 0.3 is 0 Å². The Morgan fingerprint density at radius 2 is 2.05 bits per heavy atom. The summed E-state index contributed by atoms with van der Waals surface area (Å²) < 4.78 is 1.88. The normalized spacial score (nSPS) is 13.4. The van der Waals surface area contributed by atoms with Crippen molar-refractivity contribution in [3.8, 4) is 11.1 Å². The van der Waals surface area contributed by atoms with Gasteiger partial charge in [0.05, 0.1) is 6.54 Å². The summed E-state index contributed by atoms with van der Waals surface area (Å²) in [5.74, 6) is 0.593. The van der Waals surface area contributed by atoms with E-state index in [1.807, 2.05) is 53.4 Å². The Morgan fingerprint density at radius 1 is 1.18 bits per heavy atom. The molecule has 0 saturated carbocycles. The molecule has 3 rings (SSSR count). The first kappa shape index (κ1) is 14.1. The first-order valence-corrected chi connectivity index (χ1v) is 7.27. The van der Waals surface area contributed by atoms with Crippen molar-refractivity contribution in [2.24, 2.45) is 0 Å². The highest BCUT2D eigenvalue weighted by atomic mass is 16.1. The first-order valence-electron chi connectivity index (χ1n) is 7.27. The number of amides is 1. The fourth-order valence-electron chi connectivity index (χ4n) is 2.43. The molecule has 5 nitrogen and oxygen atoms in total. The Hall–Kier alpha value is -2.82. The third-order valence-corrected chi connectivity index (χ3v) is 3.54. The number of hydrogen-bond acceptors (Lipinski definition) is 3. The first-order chi connectivity index (χ1) is 10.9. The number of allylic oxidation sites excluding steroid dienone is 2. The fraction of sp³-hybridized carbons (Fsp3) is 0.176. The third kappa shape index (κ3) is 3.25. The number of anilines is 1. The molecule has 0 atom stereocenters. The number of benzene rings is 1.